The zero-order chi connectivity index (χ0) is 21.8. The third-order valence-electron chi connectivity index (χ3n) is 4.93. The lowest BCUT2D eigenvalue weighted by Gasteiger charge is -2.26. The third-order valence-corrected chi connectivity index (χ3v) is 5.68. The predicted molar refractivity (Wildman–Crippen MR) is 120 cm³/mol. The summed E-state index contributed by atoms with van der Waals surface area (Å²) < 4.78 is 11.3. The number of aryl methyl sites for hydroxylation is 1. The van der Waals surface area contributed by atoms with Crippen molar-refractivity contribution in [3.05, 3.63) is 59.0 Å². The van der Waals surface area contributed by atoms with Crippen molar-refractivity contribution in [2.24, 2.45) is 0 Å². The van der Waals surface area contributed by atoms with Crippen LogP contribution in [-0.2, 0) is 9.59 Å². The number of thiazole rings is 1. The summed E-state index contributed by atoms with van der Waals surface area (Å²) in [6, 6.07) is 13.3. The minimum absolute atomic E-state index is 0.0742. The summed E-state index contributed by atoms with van der Waals surface area (Å²) in [6.07, 6.45) is 0.718. The monoisotopic (exact) mass is 437 g/mol. The third kappa shape index (κ3) is 5.03. The SMILES string of the molecule is CC(=O)NC1CCOc2ccc(-c3csc(NC(=O)COc4ccccc4C)n3)cc21. The Morgan fingerprint density at radius 3 is 2.90 bits per heavy atom. The Kier molecular flexibility index (Phi) is 6.18. The molecule has 1 unspecified atom stereocenters. The van der Waals surface area contributed by atoms with Gasteiger partial charge in [-0.2, -0.15) is 0 Å². The first kappa shape index (κ1) is 20.9. The second kappa shape index (κ2) is 9.18. The highest BCUT2D eigenvalue weighted by Gasteiger charge is 2.23. The summed E-state index contributed by atoms with van der Waals surface area (Å²) in [5.41, 5.74) is 3.55. The van der Waals surface area contributed by atoms with E-state index in [0.717, 1.165) is 34.6 Å². The maximum Gasteiger partial charge on any atom is 0.264 e. The van der Waals surface area contributed by atoms with Crippen molar-refractivity contribution < 1.29 is 19.1 Å². The van der Waals surface area contributed by atoms with Crippen LogP contribution < -0.4 is 20.1 Å². The fraction of sp³-hybridized carbons (Fsp3) is 0.261. The van der Waals surface area contributed by atoms with E-state index in [2.05, 4.69) is 15.6 Å². The van der Waals surface area contributed by atoms with Gasteiger partial charge in [-0.1, -0.05) is 18.2 Å². The van der Waals surface area contributed by atoms with Crippen LogP contribution in [0.5, 0.6) is 11.5 Å². The van der Waals surface area contributed by atoms with Crippen molar-refractivity contribution in [1.29, 1.82) is 0 Å². The van der Waals surface area contributed by atoms with Gasteiger partial charge in [0.25, 0.3) is 5.91 Å². The van der Waals surface area contributed by atoms with Crippen LogP contribution in [0.1, 0.15) is 30.5 Å². The summed E-state index contributed by atoms with van der Waals surface area (Å²) in [4.78, 5) is 28.3. The molecule has 8 heteroatoms. The summed E-state index contributed by atoms with van der Waals surface area (Å²) in [7, 11) is 0. The van der Waals surface area contributed by atoms with E-state index in [9.17, 15) is 9.59 Å². The Morgan fingerprint density at radius 1 is 1.26 bits per heavy atom. The lowest BCUT2D eigenvalue weighted by molar-refractivity contribution is -0.120. The smallest absolute Gasteiger partial charge is 0.264 e. The molecule has 0 aliphatic carbocycles. The maximum atomic E-state index is 12.3. The second-order valence-corrected chi connectivity index (χ2v) is 8.14. The van der Waals surface area contributed by atoms with Crippen LogP contribution in [-0.4, -0.2) is 30.0 Å². The highest BCUT2D eigenvalue weighted by molar-refractivity contribution is 7.14. The van der Waals surface area contributed by atoms with E-state index in [-0.39, 0.29) is 24.5 Å². The molecule has 3 aromatic rings. The Balaban J connectivity index is 1.43. The van der Waals surface area contributed by atoms with E-state index in [1.165, 1.54) is 18.3 Å². The topological polar surface area (TPSA) is 89.6 Å². The van der Waals surface area contributed by atoms with Gasteiger partial charge in [-0.25, -0.2) is 4.98 Å². The maximum absolute atomic E-state index is 12.3. The van der Waals surface area contributed by atoms with Crippen molar-refractivity contribution in [3.8, 4) is 22.8 Å². The van der Waals surface area contributed by atoms with Crippen molar-refractivity contribution in [2.45, 2.75) is 26.3 Å². The van der Waals surface area contributed by atoms with Crippen LogP contribution in [0.2, 0.25) is 0 Å². The molecule has 0 spiro atoms. The number of carbonyl (C=O) groups is 2. The molecule has 1 aliphatic heterocycles. The first-order valence-corrected chi connectivity index (χ1v) is 10.9. The highest BCUT2D eigenvalue weighted by atomic mass is 32.1. The number of aromatic nitrogens is 1. The molecule has 0 saturated heterocycles. The van der Waals surface area contributed by atoms with E-state index >= 15 is 0 Å². The number of rotatable bonds is 6. The summed E-state index contributed by atoms with van der Waals surface area (Å²) in [5, 5.41) is 8.14. The van der Waals surface area contributed by atoms with Gasteiger partial charge in [-0.05, 0) is 36.8 Å². The molecule has 0 bridgehead atoms. The zero-order valence-corrected chi connectivity index (χ0v) is 18.1. The molecular formula is C23H23N3O4S. The Labute approximate surface area is 184 Å². The molecule has 7 nitrogen and oxygen atoms in total. The van der Waals surface area contributed by atoms with Crippen molar-refractivity contribution >= 4 is 28.3 Å². The van der Waals surface area contributed by atoms with Gasteiger partial charge in [0.15, 0.2) is 11.7 Å². The van der Waals surface area contributed by atoms with E-state index in [1.807, 2.05) is 54.8 Å². The van der Waals surface area contributed by atoms with E-state index < -0.39 is 0 Å². The number of fused-ring (bicyclic) bond motifs is 1. The Morgan fingerprint density at radius 2 is 2.10 bits per heavy atom. The minimum Gasteiger partial charge on any atom is -0.493 e. The highest BCUT2D eigenvalue weighted by Crippen LogP contribution is 2.36. The number of hydrogen-bond acceptors (Lipinski definition) is 6. The minimum atomic E-state index is -0.270. The first-order valence-electron chi connectivity index (χ1n) is 9.97. The molecule has 0 fully saturated rings. The van der Waals surface area contributed by atoms with Gasteiger partial charge in [0.1, 0.15) is 11.5 Å². The molecule has 2 aromatic carbocycles. The fourth-order valence-corrected chi connectivity index (χ4v) is 4.17. The average Bonchev–Trinajstić information content (AvgIpc) is 3.21. The molecule has 1 aromatic heterocycles. The Hall–Kier alpha value is -3.39. The summed E-state index contributed by atoms with van der Waals surface area (Å²) in [6.45, 7) is 3.92. The van der Waals surface area contributed by atoms with Gasteiger partial charge < -0.3 is 14.8 Å². The number of para-hydroxylation sites is 1. The number of hydrogen-bond donors (Lipinski definition) is 2. The van der Waals surface area contributed by atoms with Crippen LogP contribution in [0.25, 0.3) is 11.3 Å². The zero-order valence-electron chi connectivity index (χ0n) is 17.3. The molecule has 1 aliphatic rings. The molecular weight excluding hydrogens is 414 g/mol. The van der Waals surface area contributed by atoms with Gasteiger partial charge in [-0.3, -0.25) is 14.9 Å². The number of nitrogens with one attached hydrogen (secondary N) is 2. The van der Waals surface area contributed by atoms with E-state index in [1.54, 1.807) is 0 Å². The van der Waals surface area contributed by atoms with Gasteiger partial charge in [0, 0.05) is 29.9 Å². The molecule has 160 valence electrons. The molecule has 2 N–H and O–H groups in total. The van der Waals surface area contributed by atoms with Crippen LogP contribution in [0.15, 0.2) is 47.8 Å². The molecule has 31 heavy (non-hydrogen) atoms. The molecule has 0 radical (unpaired) electrons. The van der Waals surface area contributed by atoms with Gasteiger partial charge in [-0.15, -0.1) is 11.3 Å². The number of carbonyl (C=O) groups excluding carboxylic acids is 2. The van der Waals surface area contributed by atoms with Gasteiger partial charge in [0.05, 0.1) is 18.3 Å². The van der Waals surface area contributed by atoms with Crippen LogP contribution >= 0.6 is 11.3 Å². The van der Waals surface area contributed by atoms with Gasteiger partial charge >= 0.3 is 0 Å². The standard InChI is InChI=1S/C23H23N3O4S/c1-14-5-3-4-6-20(14)30-12-22(28)26-23-25-19(13-31-23)16-7-8-21-17(11-16)18(9-10-29-21)24-15(2)27/h3-8,11,13,18H,9-10,12H2,1-2H3,(H,24,27)(H,25,26,28). The number of nitrogens with zero attached hydrogens (tertiary/aromatic N) is 1. The Bertz CT molecular complexity index is 1110. The fourth-order valence-electron chi connectivity index (χ4n) is 3.43. The predicted octanol–water partition coefficient (Wildman–Crippen LogP) is 4.10. The lowest BCUT2D eigenvalue weighted by atomic mass is 9.97. The van der Waals surface area contributed by atoms with Crippen LogP contribution in [0.3, 0.4) is 0 Å². The number of anilines is 1. The first-order chi connectivity index (χ1) is 15.0. The number of ether oxygens (including phenoxy) is 2. The molecule has 0 saturated carbocycles. The van der Waals surface area contributed by atoms with Crippen molar-refractivity contribution in [1.82, 2.24) is 10.3 Å². The van der Waals surface area contributed by atoms with Crippen molar-refractivity contribution in [2.75, 3.05) is 18.5 Å². The molecule has 1 atom stereocenters. The number of amides is 2. The summed E-state index contributed by atoms with van der Waals surface area (Å²) in [5.74, 6) is 1.11. The molecule has 4 rings (SSSR count). The molecule has 2 amide bonds. The van der Waals surface area contributed by atoms with Crippen LogP contribution in [0.4, 0.5) is 5.13 Å². The van der Waals surface area contributed by atoms with E-state index in [4.69, 9.17) is 9.47 Å². The average molecular weight is 438 g/mol. The molecule has 2 heterocycles. The van der Waals surface area contributed by atoms with Crippen molar-refractivity contribution in [3.63, 3.8) is 0 Å². The van der Waals surface area contributed by atoms with E-state index in [0.29, 0.717) is 17.5 Å². The largest absolute Gasteiger partial charge is 0.493 e. The van der Waals surface area contributed by atoms with Gasteiger partial charge in [0.2, 0.25) is 5.91 Å². The second-order valence-electron chi connectivity index (χ2n) is 7.28. The number of benzene rings is 2. The quantitative estimate of drug-likeness (QED) is 0.606. The lowest BCUT2D eigenvalue weighted by Crippen LogP contribution is -2.30. The summed E-state index contributed by atoms with van der Waals surface area (Å²) >= 11 is 1.35. The van der Waals surface area contributed by atoms with Crippen LogP contribution in [0, 0.1) is 6.92 Å². The normalized spacial score (nSPS) is 14.8.